The third-order valence-electron chi connectivity index (χ3n) is 2.23. The van der Waals surface area contributed by atoms with Crippen LogP contribution in [-0.2, 0) is 12.8 Å². The molecule has 0 unspecified atom stereocenters. The van der Waals surface area contributed by atoms with Crippen molar-refractivity contribution in [3.05, 3.63) is 47.5 Å². The van der Waals surface area contributed by atoms with Crippen LogP contribution in [0.5, 0.6) is 0 Å². The molecule has 1 N–H and O–H groups in total. The standard InChI is InChI=1S/C11H10N4/c12-6-10-8-14-15-11(10)4-3-9-2-1-5-13-7-9/h1-2,5,7-8H,3-4H2,(H,14,15). The highest BCUT2D eigenvalue weighted by Crippen LogP contribution is 2.07. The summed E-state index contributed by atoms with van der Waals surface area (Å²) < 4.78 is 0. The number of aryl methyl sites for hydroxylation is 2. The van der Waals surface area contributed by atoms with Crippen LogP contribution < -0.4 is 0 Å². The van der Waals surface area contributed by atoms with Crippen LogP contribution in [0.1, 0.15) is 16.8 Å². The Hall–Kier alpha value is -2.15. The first kappa shape index (κ1) is 9.41. The molecular formula is C11H10N4. The van der Waals surface area contributed by atoms with Crippen molar-refractivity contribution in [3.63, 3.8) is 0 Å². The van der Waals surface area contributed by atoms with E-state index in [4.69, 9.17) is 5.26 Å². The fraction of sp³-hybridized carbons (Fsp3) is 0.182. The highest BCUT2D eigenvalue weighted by molar-refractivity contribution is 5.30. The molecule has 0 saturated carbocycles. The van der Waals surface area contributed by atoms with Crippen LogP contribution in [0.4, 0.5) is 0 Å². The second-order valence-electron chi connectivity index (χ2n) is 3.24. The minimum Gasteiger partial charge on any atom is -0.281 e. The molecule has 2 aromatic rings. The summed E-state index contributed by atoms with van der Waals surface area (Å²) in [6, 6.07) is 6.04. The van der Waals surface area contributed by atoms with E-state index in [1.54, 1.807) is 12.4 Å². The van der Waals surface area contributed by atoms with Gasteiger partial charge in [-0.05, 0) is 24.5 Å². The van der Waals surface area contributed by atoms with E-state index in [9.17, 15) is 0 Å². The van der Waals surface area contributed by atoms with Crippen LogP contribution >= 0.6 is 0 Å². The molecule has 0 atom stereocenters. The second kappa shape index (κ2) is 4.38. The predicted octanol–water partition coefficient (Wildman–Crippen LogP) is 1.46. The molecule has 2 rings (SSSR count). The van der Waals surface area contributed by atoms with E-state index < -0.39 is 0 Å². The molecule has 15 heavy (non-hydrogen) atoms. The van der Waals surface area contributed by atoms with E-state index in [0.29, 0.717) is 5.56 Å². The lowest BCUT2D eigenvalue weighted by molar-refractivity contribution is 0.885. The zero-order valence-corrected chi connectivity index (χ0v) is 8.14. The van der Waals surface area contributed by atoms with E-state index in [0.717, 1.165) is 24.1 Å². The topological polar surface area (TPSA) is 65.4 Å². The van der Waals surface area contributed by atoms with E-state index in [1.165, 1.54) is 0 Å². The molecule has 2 aromatic heterocycles. The zero-order chi connectivity index (χ0) is 10.5. The molecule has 4 heteroatoms. The van der Waals surface area contributed by atoms with Gasteiger partial charge in [-0.3, -0.25) is 10.1 Å². The number of nitrogens with zero attached hydrogens (tertiary/aromatic N) is 3. The minimum absolute atomic E-state index is 0.624. The maximum atomic E-state index is 8.78. The van der Waals surface area contributed by atoms with Crippen molar-refractivity contribution in [1.82, 2.24) is 15.2 Å². The third-order valence-corrected chi connectivity index (χ3v) is 2.23. The SMILES string of the molecule is N#Cc1cn[nH]c1CCc1cccnc1. The molecule has 0 aliphatic carbocycles. The molecule has 0 saturated heterocycles. The Morgan fingerprint density at radius 3 is 3.00 bits per heavy atom. The van der Waals surface area contributed by atoms with Crippen molar-refractivity contribution >= 4 is 0 Å². The molecule has 0 aliphatic rings. The normalized spacial score (nSPS) is 9.80. The Labute approximate surface area is 87.6 Å². The fourth-order valence-corrected chi connectivity index (χ4v) is 1.42. The average molecular weight is 198 g/mol. The maximum absolute atomic E-state index is 8.78. The van der Waals surface area contributed by atoms with Crippen LogP contribution in [0.15, 0.2) is 30.7 Å². The van der Waals surface area contributed by atoms with E-state index in [1.807, 2.05) is 18.3 Å². The van der Waals surface area contributed by atoms with Crippen molar-refractivity contribution in [1.29, 1.82) is 5.26 Å². The van der Waals surface area contributed by atoms with Gasteiger partial charge in [-0.2, -0.15) is 10.4 Å². The molecule has 0 radical (unpaired) electrons. The summed E-state index contributed by atoms with van der Waals surface area (Å²) in [6.07, 6.45) is 6.79. The quantitative estimate of drug-likeness (QED) is 0.812. The van der Waals surface area contributed by atoms with Gasteiger partial charge in [-0.1, -0.05) is 6.07 Å². The predicted molar refractivity (Wildman–Crippen MR) is 54.9 cm³/mol. The molecule has 0 amide bonds. The number of nitriles is 1. The zero-order valence-electron chi connectivity index (χ0n) is 8.14. The van der Waals surface area contributed by atoms with Crippen LogP contribution in [0, 0.1) is 11.3 Å². The number of hydrogen-bond donors (Lipinski definition) is 1. The summed E-state index contributed by atoms with van der Waals surface area (Å²) in [7, 11) is 0. The Balaban J connectivity index is 2.03. The third kappa shape index (κ3) is 2.20. The van der Waals surface area contributed by atoms with Crippen molar-refractivity contribution in [2.45, 2.75) is 12.8 Å². The lowest BCUT2D eigenvalue weighted by atomic mass is 10.1. The molecule has 0 fully saturated rings. The molecule has 2 heterocycles. The number of pyridine rings is 1. The van der Waals surface area contributed by atoms with Crippen molar-refractivity contribution in [2.75, 3.05) is 0 Å². The fourth-order valence-electron chi connectivity index (χ4n) is 1.42. The molecule has 74 valence electrons. The smallest absolute Gasteiger partial charge is 0.103 e. The number of H-pyrrole nitrogens is 1. The van der Waals surface area contributed by atoms with Crippen LogP contribution in [-0.4, -0.2) is 15.2 Å². The molecule has 0 aliphatic heterocycles. The number of aromatic amines is 1. The average Bonchev–Trinajstić information content (AvgIpc) is 2.75. The van der Waals surface area contributed by atoms with Gasteiger partial charge >= 0.3 is 0 Å². The van der Waals surface area contributed by atoms with Gasteiger partial charge in [-0.25, -0.2) is 0 Å². The number of rotatable bonds is 3. The van der Waals surface area contributed by atoms with Crippen molar-refractivity contribution < 1.29 is 0 Å². The van der Waals surface area contributed by atoms with Gasteiger partial charge in [0.15, 0.2) is 0 Å². The van der Waals surface area contributed by atoms with E-state index in [2.05, 4.69) is 21.3 Å². The largest absolute Gasteiger partial charge is 0.281 e. The molecule has 4 nitrogen and oxygen atoms in total. The van der Waals surface area contributed by atoms with Gasteiger partial charge in [0.2, 0.25) is 0 Å². The van der Waals surface area contributed by atoms with Gasteiger partial charge < -0.3 is 0 Å². The summed E-state index contributed by atoms with van der Waals surface area (Å²) in [6.45, 7) is 0. The van der Waals surface area contributed by atoms with Crippen LogP contribution in [0.3, 0.4) is 0 Å². The van der Waals surface area contributed by atoms with Gasteiger partial charge in [0.1, 0.15) is 6.07 Å². The van der Waals surface area contributed by atoms with Crippen molar-refractivity contribution in [3.8, 4) is 6.07 Å². The first-order valence-electron chi connectivity index (χ1n) is 4.71. The summed E-state index contributed by atoms with van der Waals surface area (Å²) in [5.41, 5.74) is 2.68. The number of nitrogens with one attached hydrogen (secondary N) is 1. The highest BCUT2D eigenvalue weighted by Gasteiger charge is 2.03. The minimum atomic E-state index is 0.624. The molecule has 0 spiro atoms. The monoisotopic (exact) mass is 198 g/mol. The Morgan fingerprint density at radius 1 is 1.33 bits per heavy atom. The summed E-state index contributed by atoms with van der Waals surface area (Å²) in [5, 5.41) is 15.5. The summed E-state index contributed by atoms with van der Waals surface area (Å²) in [4.78, 5) is 4.04. The first-order chi connectivity index (χ1) is 7.40. The number of aromatic nitrogens is 3. The van der Waals surface area contributed by atoms with Crippen LogP contribution in [0.25, 0.3) is 0 Å². The molecule has 0 bridgehead atoms. The first-order valence-corrected chi connectivity index (χ1v) is 4.71. The van der Waals surface area contributed by atoms with Crippen LogP contribution in [0.2, 0.25) is 0 Å². The maximum Gasteiger partial charge on any atom is 0.103 e. The Bertz CT molecular complexity index is 467. The Morgan fingerprint density at radius 2 is 2.27 bits per heavy atom. The lowest BCUT2D eigenvalue weighted by Crippen LogP contribution is -1.94. The molecular weight excluding hydrogens is 188 g/mol. The number of hydrogen-bond acceptors (Lipinski definition) is 3. The van der Waals surface area contributed by atoms with E-state index in [-0.39, 0.29) is 0 Å². The van der Waals surface area contributed by atoms with Gasteiger partial charge in [0.25, 0.3) is 0 Å². The second-order valence-corrected chi connectivity index (χ2v) is 3.24. The summed E-state index contributed by atoms with van der Waals surface area (Å²) in [5.74, 6) is 0. The van der Waals surface area contributed by atoms with E-state index >= 15 is 0 Å². The molecule has 0 aromatic carbocycles. The highest BCUT2D eigenvalue weighted by atomic mass is 15.1. The van der Waals surface area contributed by atoms with Gasteiger partial charge in [-0.15, -0.1) is 0 Å². The summed E-state index contributed by atoms with van der Waals surface area (Å²) >= 11 is 0. The Kier molecular flexibility index (Phi) is 2.75. The van der Waals surface area contributed by atoms with Crippen molar-refractivity contribution in [2.24, 2.45) is 0 Å². The lowest BCUT2D eigenvalue weighted by Gasteiger charge is -1.98. The van der Waals surface area contributed by atoms with Gasteiger partial charge in [0, 0.05) is 12.4 Å². The van der Waals surface area contributed by atoms with Gasteiger partial charge in [0.05, 0.1) is 17.5 Å².